The molecule has 0 spiro atoms. The van der Waals surface area contributed by atoms with E-state index < -0.39 is 17.6 Å². The SMILES string of the molecule is CCCN[SiH](N[Si](C)(C)C)OCC. The molecule has 0 aliphatic carbocycles. The van der Waals surface area contributed by atoms with E-state index in [2.05, 4.69) is 43.1 Å². The Morgan fingerprint density at radius 1 is 1.23 bits per heavy atom. The van der Waals surface area contributed by atoms with Gasteiger partial charge in [-0.25, -0.2) is 0 Å². The summed E-state index contributed by atoms with van der Waals surface area (Å²) in [4.78, 5) is 3.47. The van der Waals surface area contributed by atoms with Crippen LogP contribution in [-0.2, 0) is 4.43 Å². The van der Waals surface area contributed by atoms with E-state index in [-0.39, 0.29) is 0 Å². The lowest BCUT2D eigenvalue weighted by Gasteiger charge is -2.25. The Kier molecular flexibility index (Phi) is 6.88. The normalized spacial score (nSPS) is 14.5. The van der Waals surface area contributed by atoms with Crippen molar-refractivity contribution in [2.75, 3.05) is 13.2 Å². The largest absolute Gasteiger partial charge is 0.395 e. The van der Waals surface area contributed by atoms with Crippen molar-refractivity contribution in [1.82, 2.24) is 9.63 Å². The molecule has 1 unspecified atom stereocenters. The summed E-state index contributed by atoms with van der Waals surface area (Å²) in [6.07, 6.45) is 1.17. The van der Waals surface area contributed by atoms with E-state index in [0.717, 1.165) is 13.2 Å². The molecule has 0 saturated heterocycles. The van der Waals surface area contributed by atoms with Gasteiger partial charge in [0.05, 0.1) is 0 Å². The van der Waals surface area contributed by atoms with Crippen LogP contribution in [-0.4, -0.2) is 30.8 Å². The van der Waals surface area contributed by atoms with Gasteiger partial charge in [-0.05, 0) is 19.9 Å². The summed E-state index contributed by atoms with van der Waals surface area (Å²) < 4.78 is 9.31. The molecule has 0 fully saturated rings. The maximum Gasteiger partial charge on any atom is 0.328 e. The van der Waals surface area contributed by atoms with Crippen molar-refractivity contribution in [3.63, 3.8) is 0 Å². The lowest BCUT2D eigenvalue weighted by atomic mass is 10.5. The van der Waals surface area contributed by atoms with Gasteiger partial charge < -0.3 is 14.1 Å². The Bertz CT molecular complexity index is 128. The number of rotatable bonds is 7. The standard InChI is InChI=1S/C8H24N2OSi2/c1-6-8-9-12(11-7-2)10-13(3,4)5/h9-10,12H,6-8H2,1-5H3. The molecule has 0 rings (SSSR count). The van der Waals surface area contributed by atoms with E-state index >= 15 is 0 Å². The molecule has 0 bridgehead atoms. The second kappa shape index (κ2) is 6.72. The third-order valence-electron chi connectivity index (χ3n) is 1.48. The van der Waals surface area contributed by atoms with Crippen LogP contribution >= 0.6 is 0 Å². The molecular formula is C8H24N2OSi2. The molecule has 0 aromatic carbocycles. The van der Waals surface area contributed by atoms with Crippen LogP contribution in [0.5, 0.6) is 0 Å². The van der Waals surface area contributed by atoms with Gasteiger partial charge in [0.1, 0.15) is 8.24 Å². The maximum atomic E-state index is 5.67. The first-order chi connectivity index (χ1) is 5.99. The fraction of sp³-hybridized carbons (Fsp3) is 1.00. The zero-order valence-corrected chi connectivity index (χ0v) is 11.8. The Hall–Kier alpha value is 0.314. The van der Waals surface area contributed by atoms with Crippen molar-refractivity contribution in [3.05, 3.63) is 0 Å². The van der Waals surface area contributed by atoms with Gasteiger partial charge in [-0.1, -0.05) is 26.6 Å². The fourth-order valence-corrected chi connectivity index (χ4v) is 5.88. The van der Waals surface area contributed by atoms with E-state index in [1.165, 1.54) is 6.42 Å². The third-order valence-corrected chi connectivity index (χ3v) is 7.32. The summed E-state index contributed by atoms with van der Waals surface area (Å²) in [6, 6.07) is 0. The second-order valence-electron chi connectivity index (χ2n) is 4.18. The quantitative estimate of drug-likeness (QED) is 0.632. The van der Waals surface area contributed by atoms with E-state index in [1.807, 2.05) is 0 Å². The van der Waals surface area contributed by atoms with Crippen LogP contribution in [0.4, 0.5) is 0 Å². The lowest BCUT2D eigenvalue weighted by Crippen LogP contribution is -2.59. The molecule has 0 amide bonds. The van der Waals surface area contributed by atoms with Gasteiger partial charge in [0.25, 0.3) is 0 Å². The molecule has 0 heterocycles. The summed E-state index contributed by atoms with van der Waals surface area (Å²) in [5, 5.41) is 0. The summed E-state index contributed by atoms with van der Waals surface area (Å²) >= 11 is 0. The van der Waals surface area contributed by atoms with Crippen molar-refractivity contribution < 1.29 is 4.43 Å². The minimum absolute atomic E-state index is 0.811. The number of hydrogen-bond donors (Lipinski definition) is 2. The van der Waals surface area contributed by atoms with Crippen molar-refractivity contribution in [2.45, 2.75) is 39.9 Å². The summed E-state index contributed by atoms with van der Waals surface area (Å²) in [6.45, 7) is 13.0. The molecule has 5 heteroatoms. The average molecular weight is 220 g/mol. The van der Waals surface area contributed by atoms with Gasteiger partial charge in [-0.2, -0.15) is 0 Å². The molecule has 0 radical (unpaired) electrons. The average Bonchev–Trinajstić information content (AvgIpc) is 1.98. The monoisotopic (exact) mass is 220 g/mol. The Balaban J connectivity index is 3.79. The molecule has 0 aromatic rings. The highest BCUT2D eigenvalue weighted by atomic mass is 28.4. The van der Waals surface area contributed by atoms with Crippen LogP contribution in [0.3, 0.4) is 0 Å². The smallest absolute Gasteiger partial charge is 0.328 e. The summed E-state index contributed by atoms with van der Waals surface area (Å²) in [5.41, 5.74) is 0. The van der Waals surface area contributed by atoms with Gasteiger partial charge in [-0.15, -0.1) is 0 Å². The predicted molar refractivity (Wildman–Crippen MR) is 63.6 cm³/mol. The predicted octanol–water partition coefficient (Wildman–Crippen LogP) is 1.16. The number of hydrogen-bond acceptors (Lipinski definition) is 3. The molecule has 0 saturated carbocycles. The third kappa shape index (κ3) is 8.64. The van der Waals surface area contributed by atoms with Crippen molar-refractivity contribution in [2.24, 2.45) is 0 Å². The van der Waals surface area contributed by atoms with Gasteiger partial charge in [-0.3, -0.25) is 0 Å². The second-order valence-corrected chi connectivity index (χ2v) is 11.3. The van der Waals surface area contributed by atoms with Crippen molar-refractivity contribution in [1.29, 1.82) is 0 Å². The van der Waals surface area contributed by atoms with E-state index in [9.17, 15) is 0 Å². The maximum absolute atomic E-state index is 5.67. The van der Waals surface area contributed by atoms with E-state index in [4.69, 9.17) is 4.43 Å². The van der Waals surface area contributed by atoms with Gasteiger partial charge in [0.2, 0.25) is 0 Å². The first-order valence-corrected chi connectivity index (χ1v) is 10.2. The highest BCUT2D eigenvalue weighted by Crippen LogP contribution is 1.95. The highest BCUT2D eigenvalue weighted by Gasteiger charge is 2.20. The zero-order valence-electron chi connectivity index (χ0n) is 9.61. The van der Waals surface area contributed by atoms with Crippen LogP contribution in [0.2, 0.25) is 19.6 Å². The lowest BCUT2D eigenvalue weighted by molar-refractivity contribution is 0.329. The molecule has 1 atom stereocenters. The fourth-order valence-electron chi connectivity index (χ4n) is 0.987. The molecule has 3 nitrogen and oxygen atoms in total. The summed E-state index contributed by atoms with van der Waals surface area (Å²) in [7, 11) is -2.50. The van der Waals surface area contributed by atoms with Crippen molar-refractivity contribution in [3.8, 4) is 0 Å². The first kappa shape index (κ1) is 13.3. The van der Waals surface area contributed by atoms with Gasteiger partial charge >= 0.3 is 9.36 Å². The van der Waals surface area contributed by atoms with Crippen LogP contribution in [0.25, 0.3) is 0 Å². The number of nitrogens with one attached hydrogen (secondary N) is 2. The molecular weight excluding hydrogens is 196 g/mol. The molecule has 13 heavy (non-hydrogen) atoms. The Morgan fingerprint density at radius 2 is 1.85 bits per heavy atom. The molecule has 0 aliphatic rings. The van der Waals surface area contributed by atoms with Gasteiger partial charge in [0.15, 0.2) is 0 Å². The Morgan fingerprint density at radius 3 is 2.23 bits per heavy atom. The molecule has 80 valence electrons. The van der Waals surface area contributed by atoms with Crippen LogP contribution in [0.15, 0.2) is 0 Å². The summed E-state index contributed by atoms with van der Waals surface area (Å²) in [5.74, 6) is 0. The minimum atomic E-state index is -1.31. The van der Waals surface area contributed by atoms with E-state index in [0.29, 0.717) is 0 Å². The topological polar surface area (TPSA) is 33.3 Å². The van der Waals surface area contributed by atoms with Crippen LogP contribution < -0.4 is 9.63 Å². The van der Waals surface area contributed by atoms with Crippen LogP contribution in [0, 0.1) is 0 Å². The molecule has 0 aromatic heterocycles. The molecule has 0 aliphatic heterocycles. The first-order valence-electron chi connectivity index (χ1n) is 5.12. The van der Waals surface area contributed by atoms with Gasteiger partial charge in [0, 0.05) is 6.61 Å². The van der Waals surface area contributed by atoms with E-state index in [1.54, 1.807) is 0 Å². The highest BCUT2D eigenvalue weighted by molar-refractivity contribution is 6.81. The van der Waals surface area contributed by atoms with Crippen molar-refractivity contribution >= 4 is 17.6 Å². The minimum Gasteiger partial charge on any atom is -0.395 e. The molecule has 2 N–H and O–H groups in total. The van der Waals surface area contributed by atoms with Crippen LogP contribution in [0.1, 0.15) is 20.3 Å². The Labute approximate surface area is 85.2 Å². The zero-order chi connectivity index (χ0) is 10.3.